The van der Waals surface area contributed by atoms with Gasteiger partial charge in [-0.05, 0) is 20.3 Å². The Hall–Kier alpha value is -0.330. The fourth-order valence-corrected chi connectivity index (χ4v) is 0. The van der Waals surface area contributed by atoms with Crippen molar-refractivity contribution >= 4 is 5.71 Å². The quantitative estimate of drug-likeness (QED) is 0.449. The largest absolute Gasteiger partial charge is 0.310 e. The Morgan fingerprint density at radius 1 is 2.00 bits per heavy atom. The molecule has 0 saturated heterocycles. The van der Waals surface area contributed by atoms with Gasteiger partial charge < -0.3 is 5.41 Å². The number of nitrogens with one attached hydrogen (secondary N) is 1. The third-order valence-corrected chi connectivity index (χ3v) is 0.375. The van der Waals surface area contributed by atoms with Gasteiger partial charge in [0.2, 0.25) is 0 Å². The van der Waals surface area contributed by atoms with Crippen molar-refractivity contribution in [3.05, 3.63) is 6.92 Å². The van der Waals surface area contributed by atoms with E-state index in [4.69, 9.17) is 5.41 Å². The normalized spacial score (nSPS) is 7.60. The van der Waals surface area contributed by atoms with Gasteiger partial charge in [0.25, 0.3) is 0 Å². The van der Waals surface area contributed by atoms with Gasteiger partial charge in [0, 0.05) is 5.71 Å². The van der Waals surface area contributed by atoms with E-state index in [1.54, 1.807) is 6.92 Å². The summed E-state index contributed by atoms with van der Waals surface area (Å²) in [5.74, 6) is 0. The van der Waals surface area contributed by atoms with E-state index in [-0.39, 0.29) is 0 Å². The molecular formula is C4H8N. The predicted octanol–water partition coefficient (Wildman–Crippen LogP) is 1.25. The van der Waals surface area contributed by atoms with Crippen LogP contribution < -0.4 is 0 Å². The van der Waals surface area contributed by atoms with Gasteiger partial charge in [0.1, 0.15) is 0 Å². The topological polar surface area (TPSA) is 23.9 Å². The Labute approximate surface area is 32.5 Å². The van der Waals surface area contributed by atoms with E-state index in [0.717, 1.165) is 0 Å². The lowest BCUT2D eigenvalue weighted by atomic mass is 10.3. The average Bonchev–Trinajstić information content (AvgIpc) is 1.38. The molecule has 0 heterocycles. The highest BCUT2D eigenvalue weighted by atomic mass is 14.4. The highest BCUT2D eigenvalue weighted by Crippen LogP contribution is 1.71. The lowest BCUT2D eigenvalue weighted by molar-refractivity contribution is 1.35. The van der Waals surface area contributed by atoms with Crippen LogP contribution in [0.3, 0.4) is 0 Å². The van der Waals surface area contributed by atoms with E-state index in [1.165, 1.54) is 0 Å². The Morgan fingerprint density at radius 3 is 2.20 bits per heavy atom. The van der Waals surface area contributed by atoms with E-state index in [2.05, 4.69) is 6.92 Å². The molecule has 1 N–H and O–H groups in total. The first kappa shape index (κ1) is 4.67. The lowest BCUT2D eigenvalue weighted by Gasteiger charge is -1.77. The molecule has 1 radical (unpaired) electrons. The Morgan fingerprint density at radius 2 is 2.20 bits per heavy atom. The average molecular weight is 70.1 g/mol. The summed E-state index contributed by atoms with van der Waals surface area (Å²) in [6.45, 7) is 5.20. The second-order valence-corrected chi connectivity index (χ2v) is 1.03. The molecule has 0 rings (SSSR count). The summed E-state index contributed by atoms with van der Waals surface area (Å²) >= 11 is 0. The van der Waals surface area contributed by atoms with E-state index in [9.17, 15) is 0 Å². The molecule has 29 valence electrons. The van der Waals surface area contributed by atoms with Crippen LogP contribution in [0.15, 0.2) is 0 Å². The molecule has 0 aliphatic rings. The van der Waals surface area contributed by atoms with E-state index < -0.39 is 0 Å². The molecule has 0 unspecified atom stereocenters. The Balaban J connectivity index is 2.85. The number of hydrogen-bond donors (Lipinski definition) is 1. The van der Waals surface area contributed by atoms with Gasteiger partial charge in [-0.15, -0.1) is 0 Å². The molecule has 0 aromatic carbocycles. The second kappa shape index (κ2) is 1.94. The summed E-state index contributed by atoms with van der Waals surface area (Å²) in [6.07, 6.45) is 0.639. The predicted molar refractivity (Wildman–Crippen MR) is 23.4 cm³/mol. The van der Waals surface area contributed by atoms with Gasteiger partial charge in [-0.2, -0.15) is 0 Å². The van der Waals surface area contributed by atoms with Gasteiger partial charge in [-0.1, -0.05) is 0 Å². The van der Waals surface area contributed by atoms with E-state index in [0.29, 0.717) is 12.1 Å². The summed E-state index contributed by atoms with van der Waals surface area (Å²) in [5.41, 5.74) is 0.644. The fourth-order valence-electron chi connectivity index (χ4n) is 0. The molecule has 5 heavy (non-hydrogen) atoms. The maximum absolute atomic E-state index is 6.68. The second-order valence-electron chi connectivity index (χ2n) is 1.03. The fraction of sp³-hybridized carbons (Fsp3) is 0.500. The van der Waals surface area contributed by atoms with Crippen molar-refractivity contribution < 1.29 is 0 Å². The van der Waals surface area contributed by atoms with E-state index >= 15 is 0 Å². The first-order chi connectivity index (χ1) is 2.27. The van der Waals surface area contributed by atoms with Crippen molar-refractivity contribution in [1.82, 2.24) is 0 Å². The zero-order chi connectivity index (χ0) is 4.28. The molecule has 1 nitrogen and oxygen atoms in total. The molecule has 0 fully saturated rings. The zero-order valence-electron chi connectivity index (χ0n) is 3.41. The van der Waals surface area contributed by atoms with Crippen molar-refractivity contribution in [3.8, 4) is 0 Å². The first-order valence-corrected chi connectivity index (χ1v) is 1.60. The minimum atomic E-state index is 0.639. The van der Waals surface area contributed by atoms with Gasteiger partial charge in [-0.3, -0.25) is 0 Å². The first-order valence-electron chi connectivity index (χ1n) is 1.60. The number of hydrogen-bond acceptors (Lipinski definition) is 1. The molecule has 0 bridgehead atoms. The van der Waals surface area contributed by atoms with Crippen LogP contribution in [0, 0.1) is 12.3 Å². The van der Waals surface area contributed by atoms with Crippen molar-refractivity contribution in [2.75, 3.05) is 0 Å². The van der Waals surface area contributed by atoms with Crippen LogP contribution in [0.1, 0.15) is 13.3 Å². The molecule has 0 aromatic heterocycles. The Bertz CT molecular complexity index is 38.9. The van der Waals surface area contributed by atoms with Gasteiger partial charge >= 0.3 is 0 Å². The molecule has 0 aliphatic carbocycles. The monoisotopic (exact) mass is 70.1 g/mol. The summed E-state index contributed by atoms with van der Waals surface area (Å²) in [7, 11) is 0. The summed E-state index contributed by atoms with van der Waals surface area (Å²) in [5, 5.41) is 6.68. The third-order valence-electron chi connectivity index (χ3n) is 0.375. The minimum absolute atomic E-state index is 0.639. The molecule has 0 spiro atoms. The molecule has 0 aromatic rings. The summed E-state index contributed by atoms with van der Waals surface area (Å²) in [6, 6.07) is 0. The van der Waals surface area contributed by atoms with Crippen molar-refractivity contribution in [3.63, 3.8) is 0 Å². The smallest absolute Gasteiger partial charge is 0.00582 e. The number of rotatable bonds is 1. The SMILES string of the molecule is [CH2]CC(C)=N. The minimum Gasteiger partial charge on any atom is -0.310 e. The van der Waals surface area contributed by atoms with Crippen LogP contribution in [0.2, 0.25) is 0 Å². The third kappa shape index (κ3) is 3.67. The summed E-state index contributed by atoms with van der Waals surface area (Å²) in [4.78, 5) is 0. The highest BCUT2D eigenvalue weighted by molar-refractivity contribution is 5.78. The zero-order valence-corrected chi connectivity index (χ0v) is 3.41. The molecule has 0 amide bonds. The van der Waals surface area contributed by atoms with Crippen LogP contribution in [0.25, 0.3) is 0 Å². The van der Waals surface area contributed by atoms with E-state index in [1.807, 2.05) is 0 Å². The molecule has 0 aliphatic heterocycles. The maximum Gasteiger partial charge on any atom is 0.00582 e. The maximum atomic E-state index is 6.68. The molecule has 0 atom stereocenters. The van der Waals surface area contributed by atoms with Crippen LogP contribution >= 0.6 is 0 Å². The van der Waals surface area contributed by atoms with Crippen LogP contribution in [-0.4, -0.2) is 5.71 Å². The van der Waals surface area contributed by atoms with Gasteiger partial charge in [-0.25, -0.2) is 0 Å². The van der Waals surface area contributed by atoms with Crippen molar-refractivity contribution in [2.24, 2.45) is 0 Å². The van der Waals surface area contributed by atoms with Gasteiger partial charge in [0.05, 0.1) is 0 Å². The molecule has 0 saturated carbocycles. The van der Waals surface area contributed by atoms with Crippen LogP contribution in [-0.2, 0) is 0 Å². The Kier molecular flexibility index (Phi) is 1.81. The summed E-state index contributed by atoms with van der Waals surface area (Å²) < 4.78 is 0. The standard InChI is InChI=1S/C4H8N/c1-3-4(2)5/h5H,1,3H2,2H3. The van der Waals surface area contributed by atoms with Crippen LogP contribution in [0.4, 0.5) is 0 Å². The van der Waals surface area contributed by atoms with Crippen LogP contribution in [0.5, 0.6) is 0 Å². The molecular weight excluding hydrogens is 62.1 g/mol. The van der Waals surface area contributed by atoms with Gasteiger partial charge in [0.15, 0.2) is 0 Å². The van der Waals surface area contributed by atoms with Crippen molar-refractivity contribution in [2.45, 2.75) is 13.3 Å². The van der Waals surface area contributed by atoms with Crippen molar-refractivity contribution in [1.29, 1.82) is 5.41 Å². The highest BCUT2D eigenvalue weighted by Gasteiger charge is 1.70. The lowest BCUT2D eigenvalue weighted by Crippen LogP contribution is -1.78. The molecule has 1 heteroatoms.